The normalized spacial score (nSPS) is 19.2. The van der Waals surface area contributed by atoms with E-state index in [2.05, 4.69) is 4.74 Å². The highest BCUT2D eigenvalue weighted by molar-refractivity contribution is 5.72. The van der Waals surface area contributed by atoms with Crippen molar-refractivity contribution in [1.29, 1.82) is 0 Å². The van der Waals surface area contributed by atoms with E-state index in [9.17, 15) is 9.59 Å². The third kappa shape index (κ3) is 4.08. The van der Waals surface area contributed by atoms with Gasteiger partial charge in [0.25, 0.3) is 0 Å². The summed E-state index contributed by atoms with van der Waals surface area (Å²) in [5.41, 5.74) is -0.466. The van der Waals surface area contributed by atoms with Gasteiger partial charge in [-0.15, -0.1) is 0 Å². The van der Waals surface area contributed by atoms with Crippen LogP contribution in [0.4, 0.5) is 4.79 Å². The Hall–Kier alpha value is -1.26. The van der Waals surface area contributed by atoms with E-state index in [1.807, 2.05) is 20.8 Å². The minimum Gasteiger partial charge on any atom is -0.469 e. The number of carbonyl (C=O) groups is 2. The van der Waals surface area contributed by atoms with Crippen LogP contribution < -0.4 is 0 Å². The molecule has 0 spiro atoms. The second kappa shape index (κ2) is 4.72. The molecule has 1 rings (SSSR count). The Morgan fingerprint density at radius 2 is 2.00 bits per heavy atom. The van der Waals surface area contributed by atoms with Gasteiger partial charge in [-0.1, -0.05) is 0 Å². The van der Waals surface area contributed by atoms with Gasteiger partial charge in [-0.25, -0.2) is 4.79 Å². The third-order valence-electron chi connectivity index (χ3n) is 2.25. The van der Waals surface area contributed by atoms with Gasteiger partial charge >= 0.3 is 12.1 Å². The second-order valence-corrected chi connectivity index (χ2v) is 4.90. The molecule has 0 saturated carbocycles. The van der Waals surface area contributed by atoms with Crippen molar-refractivity contribution in [2.45, 2.75) is 45.3 Å². The quantitative estimate of drug-likeness (QED) is 0.544. The molecule has 1 fully saturated rings. The molecule has 1 heterocycles. The lowest BCUT2D eigenvalue weighted by Crippen LogP contribution is -2.28. The summed E-state index contributed by atoms with van der Waals surface area (Å²) in [5, 5.41) is 0. The molecule has 0 aromatic carbocycles. The molecule has 0 N–H and O–H groups in total. The zero-order chi connectivity index (χ0) is 12.3. The van der Waals surface area contributed by atoms with Gasteiger partial charge in [0.1, 0.15) is 5.60 Å². The molecule has 1 amide bonds. The van der Waals surface area contributed by atoms with Crippen LogP contribution in [-0.4, -0.2) is 42.3 Å². The van der Waals surface area contributed by atoms with Gasteiger partial charge in [0.2, 0.25) is 0 Å². The zero-order valence-electron chi connectivity index (χ0n) is 10.3. The fourth-order valence-corrected chi connectivity index (χ4v) is 1.36. The number of rotatable bonds is 3. The van der Waals surface area contributed by atoms with Crippen LogP contribution in [0.2, 0.25) is 0 Å². The van der Waals surface area contributed by atoms with Crippen LogP contribution >= 0.6 is 0 Å². The Balaban J connectivity index is 2.23. The number of carbonyl (C=O) groups excluding carboxylic acids is 2. The predicted octanol–water partition coefficient (Wildman–Crippen LogP) is 1.56. The minimum atomic E-state index is -0.466. The van der Waals surface area contributed by atoms with E-state index in [4.69, 9.17) is 4.74 Å². The van der Waals surface area contributed by atoms with E-state index in [-0.39, 0.29) is 18.1 Å². The van der Waals surface area contributed by atoms with Crippen LogP contribution in [0.25, 0.3) is 0 Å². The standard InChI is InChI=1S/C11H19NO4/c1-11(2,3)16-10(14)12-7-8(12)5-6-9(13)15-4/h8H,5-7H2,1-4H3/t8-,12?/m0/s1. The van der Waals surface area contributed by atoms with Crippen molar-refractivity contribution in [3.05, 3.63) is 0 Å². The number of amides is 1. The number of ether oxygens (including phenoxy) is 2. The van der Waals surface area contributed by atoms with E-state index in [0.29, 0.717) is 19.4 Å². The Morgan fingerprint density at radius 1 is 1.38 bits per heavy atom. The average molecular weight is 229 g/mol. The minimum absolute atomic E-state index is 0.133. The van der Waals surface area contributed by atoms with Crippen molar-refractivity contribution in [3.63, 3.8) is 0 Å². The summed E-state index contributed by atoms with van der Waals surface area (Å²) in [6, 6.07) is 0.133. The van der Waals surface area contributed by atoms with Crippen molar-refractivity contribution in [3.8, 4) is 0 Å². The topological polar surface area (TPSA) is 55.6 Å². The Bertz CT molecular complexity index is 282. The SMILES string of the molecule is COC(=O)CC[C@H]1CN1C(=O)OC(C)(C)C. The molecule has 0 unspecified atom stereocenters. The third-order valence-corrected chi connectivity index (χ3v) is 2.25. The maximum atomic E-state index is 11.5. The Kier molecular flexibility index (Phi) is 3.78. The maximum absolute atomic E-state index is 11.5. The number of esters is 1. The van der Waals surface area contributed by atoms with E-state index >= 15 is 0 Å². The largest absolute Gasteiger partial charge is 0.469 e. The summed E-state index contributed by atoms with van der Waals surface area (Å²) < 4.78 is 9.73. The molecular formula is C11H19NO4. The lowest BCUT2D eigenvalue weighted by molar-refractivity contribution is -0.140. The molecule has 1 aliphatic rings. The molecule has 16 heavy (non-hydrogen) atoms. The summed E-state index contributed by atoms with van der Waals surface area (Å²) in [6.45, 7) is 6.17. The molecule has 0 aliphatic carbocycles. The summed E-state index contributed by atoms with van der Waals surface area (Å²) in [6.07, 6.45) is 0.689. The average Bonchev–Trinajstić information content (AvgIpc) is 2.90. The lowest BCUT2D eigenvalue weighted by Gasteiger charge is -2.19. The van der Waals surface area contributed by atoms with Crippen LogP contribution in [0, 0.1) is 0 Å². The highest BCUT2D eigenvalue weighted by atomic mass is 16.6. The van der Waals surface area contributed by atoms with Crippen molar-refractivity contribution in [1.82, 2.24) is 4.90 Å². The highest BCUT2D eigenvalue weighted by Gasteiger charge is 2.40. The second-order valence-electron chi connectivity index (χ2n) is 4.90. The number of hydrogen-bond acceptors (Lipinski definition) is 4. The first-order chi connectivity index (χ1) is 7.33. The summed E-state index contributed by atoms with van der Waals surface area (Å²) >= 11 is 0. The van der Waals surface area contributed by atoms with Gasteiger partial charge in [-0.3, -0.25) is 4.79 Å². The van der Waals surface area contributed by atoms with Crippen LogP contribution in [0.3, 0.4) is 0 Å². The number of nitrogens with zero attached hydrogens (tertiary/aromatic N) is 1. The molecule has 0 radical (unpaired) electrons. The zero-order valence-corrected chi connectivity index (χ0v) is 10.3. The molecule has 92 valence electrons. The highest BCUT2D eigenvalue weighted by Crippen LogP contribution is 2.25. The first-order valence-electron chi connectivity index (χ1n) is 5.40. The summed E-state index contributed by atoms with van der Waals surface area (Å²) in [5.74, 6) is -0.240. The van der Waals surface area contributed by atoms with Gasteiger partial charge in [-0.2, -0.15) is 0 Å². The van der Waals surface area contributed by atoms with Crippen molar-refractivity contribution >= 4 is 12.1 Å². The monoisotopic (exact) mass is 229 g/mol. The summed E-state index contributed by atoms with van der Waals surface area (Å²) in [7, 11) is 1.36. The van der Waals surface area contributed by atoms with Crippen LogP contribution in [0.1, 0.15) is 33.6 Å². The smallest absolute Gasteiger partial charge is 0.410 e. The van der Waals surface area contributed by atoms with Gasteiger partial charge in [0.05, 0.1) is 13.2 Å². The predicted molar refractivity (Wildman–Crippen MR) is 58.0 cm³/mol. The van der Waals surface area contributed by atoms with E-state index in [1.54, 1.807) is 4.90 Å². The van der Waals surface area contributed by atoms with Crippen molar-refractivity contribution < 1.29 is 19.1 Å². The Labute approximate surface area is 95.7 Å². The van der Waals surface area contributed by atoms with Crippen molar-refractivity contribution in [2.75, 3.05) is 13.7 Å². The van der Waals surface area contributed by atoms with Crippen LogP contribution in [-0.2, 0) is 14.3 Å². The fraction of sp³-hybridized carbons (Fsp3) is 0.818. The number of hydrogen-bond donors (Lipinski definition) is 0. The summed E-state index contributed by atoms with van der Waals surface area (Å²) in [4.78, 5) is 24.0. The molecule has 5 heteroatoms. The molecular weight excluding hydrogens is 210 g/mol. The molecule has 0 aromatic rings. The molecule has 5 nitrogen and oxygen atoms in total. The lowest BCUT2D eigenvalue weighted by atomic mass is 10.2. The van der Waals surface area contributed by atoms with E-state index in [1.165, 1.54) is 7.11 Å². The Morgan fingerprint density at radius 3 is 2.50 bits per heavy atom. The van der Waals surface area contributed by atoms with Crippen LogP contribution in [0.15, 0.2) is 0 Å². The molecule has 1 saturated heterocycles. The van der Waals surface area contributed by atoms with E-state index < -0.39 is 5.60 Å². The first kappa shape index (κ1) is 12.8. The van der Waals surface area contributed by atoms with Gasteiger partial charge < -0.3 is 14.4 Å². The van der Waals surface area contributed by atoms with Gasteiger partial charge in [0.15, 0.2) is 0 Å². The molecule has 1 aliphatic heterocycles. The van der Waals surface area contributed by atoms with Gasteiger partial charge in [0, 0.05) is 13.0 Å². The van der Waals surface area contributed by atoms with Gasteiger partial charge in [-0.05, 0) is 27.2 Å². The first-order valence-corrected chi connectivity index (χ1v) is 5.40. The molecule has 0 aromatic heterocycles. The van der Waals surface area contributed by atoms with E-state index in [0.717, 1.165) is 0 Å². The number of methoxy groups -OCH3 is 1. The maximum Gasteiger partial charge on any atom is 0.410 e. The molecule has 0 bridgehead atoms. The molecule has 1 atom stereocenters. The van der Waals surface area contributed by atoms with Crippen molar-refractivity contribution in [2.24, 2.45) is 0 Å². The van der Waals surface area contributed by atoms with Crippen LogP contribution in [0.5, 0.6) is 0 Å². The fourth-order valence-electron chi connectivity index (χ4n) is 1.36.